The van der Waals surface area contributed by atoms with Crippen molar-refractivity contribution in [3.8, 4) is 11.5 Å². The number of hydrogen-bond donors (Lipinski definition) is 2. The summed E-state index contributed by atoms with van der Waals surface area (Å²) in [6.45, 7) is 1.86. The zero-order valence-corrected chi connectivity index (χ0v) is 19.3. The fourth-order valence-corrected chi connectivity index (χ4v) is 2.98. The van der Waals surface area contributed by atoms with Gasteiger partial charge >= 0.3 is 0 Å². The van der Waals surface area contributed by atoms with Gasteiger partial charge < -0.3 is 14.8 Å². The van der Waals surface area contributed by atoms with Crippen LogP contribution < -0.4 is 20.2 Å². The Hall–Kier alpha value is -3.72. The Kier molecular flexibility index (Phi) is 8.54. The number of nitrogens with one attached hydrogen (secondary N) is 2. The van der Waals surface area contributed by atoms with Crippen LogP contribution >= 0.6 is 15.9 Å². The van der Waals surface area contributed by atoms with Gasteiger partial charge in [0.2, 0.25) is 0 Å². The van der Waals surface area contributed by atoms with E-state index in [1.807, 2.05) is 6.92 Å². The van der Waals surface area contributed by atoms with E-state index in [-0.39, 0.29) is 18.2 Å². The Morgan fingerprint density at radius 1 is 1.03 bits per heavy atom. The van der Waals surface area contributed by atoms with Crippen molar-refractivity contribution in [1.29, 1.82) is 0 Å². The average molecular weight is 514 g/mol. The predicted molar refractivity (Wildman–Crippen MR) is 127 cm³/mol. The standard InChI is InChI=1S/C24H21BrFN3O4/c1-2-32-22-13-16(14-27-29-24(31)17-8-10-18(25)11-9-17)7-12-21(22)33-15-23(30)28-20-6-4-3-5-19(20)26/h3-14H,2,15H2,1H3,(H,28,30)(H,29,31)/b27-14+. The molecule has 170 valence electrons. The van der Waals surface area contributed by atoms with Gasteiger partial charge in [-0.05, 0) is 67.1 Å². The number of anilines is 1. The Balaban J connectivity index is 1.60. The van der Waals surface area contributed by atoms with Crippen molar-refractivity contribution in [2.24, 2.45) is 5.10 Å². The molecule has 3 aromatic carbocycles. The Labute approximate surface area is 198 Å². The summed E-state index contributed by atoms with van der Waals surface area (Å²) in [5.74, 6) is -0.638. The van der Waals surface area contributed by atoms with E-state index < -0.39 is 11.7 Å². The van der Waals surface area contributed by atoms with E-state index in [1.165, 1.54) is 24.4 Å². The third-order valence-electron chi connectivity index (χ3n) is 4.26. The molecule has 0 aliphatic heterocycles. The Morgan fingerprint density at radius 2 is 1.79 bits per heavy atom. The largest absolute Gasteiger partial charge is 0.490 e. The number of ether oxygens (including phenoxy) is 2. The summed E-state index contributed by atoms with van der Waals surface area (Å²) < 4.78 is 25.7. The quantitative estimate of drug-likeness (QED) is 0.318. The first-order valence-electron chi connectivity index (χ1n) is 9.99. The van der Waals surface area contributed by atoms with Crippen LogP contribution in [0.15, 0.2) is 76.3 Å². The molecule has 0 spiro atoms. The molecule has 0 heterocycles. The third-order valence-corrected chi connectivity index (χ3v) is 4.79. The molecular weight excluding hydrogens is 493 g/mol. The highest BCUT2D eigenvalue weighted by Crippen LogP contribution is 2.28. The number of carbonyl (C=O) groups excluding carboxylic acids is 2. The normalized spacial score (nSPS) is 10.6. The van der Waals surface area contributed by atoms with Gasteiger partial charge in [0.05, 0.1) is 18.5 Å². The van der Waals surface area contributed by atoms with Crippen LogP contribution in [0.4, 0.5) is 10.1 Å². The fraction of sp³-hybridized carbons (Fsp3) is 0.125. The van der Waals surface area contributed by atoms with Crippen molar-refractivity contribution in [2.45, 2.75) is 6.92 Å². The summed E-state index contributed by atoms with van der Waals surface area (Å²) in [6.07, 6.45) is 1.47. The molecule has 0 fully saturated rings. The number of nitrogens with zero attached hydrogens (tertiary/aromatic N) is 1. The van der Waals surface area contributed by atoms with Gasteiger partial charge in [-0.25, -0.2) is 9.82 Å². The van der Waals surface area contributed by atoms with Gasteiger partial charge in [-0.1, -0.05) is 28.1 Å². The van der Waals surface area contributed by atoms with E-state index in [9.17, 15) is 14.0 Å². The fourth-order valence-electron chi connectivity index (χ4n) is 2.72. The van der Waals surface area contributed by atoms with Crippen molar-refractivity contribution in [3.63, 3.8) is 0 Å². The van der Waals surface area contributed by atoms with E-state index in [1.54, 1.807) is 48.5 Å². The first-order valence-corrected chi connectivity index (χ1v) is 10.8. The van der Waals surface area contributed by atoms with Crippen LogP contribution in [0.3, 0.4) is 0 Å². The molecule has 0 saturated carbocycles. The van der Waals surface area contributed by atoms with Gasteiger partial charge in [0.15, 0.2) is 18.1 Å². The maximum absolute atomic E-state index is 13.7. The highest BCUT2D eigenvalue weighted by Gasteiger charge is 2.11. The van der Waals surface area contributed by atoms with Crippen molar-refractivity contribution in [3.05, 3.63) is 88.1 Å². The molecule has 0 aromatic heterocycles. The molecule has 9 heteroatoms. The SMILES string of the molecule is CCOc1cc(/C=N/NC(=O)c2ccc(Br)cc2)ccc1OCC(=O)Nc1ccccc1F. The maximum atomic E-state index is 13.7. The molecule has 0 unspecified atom stereocenters. The van der Waals surface area contributed by atoms with Crippen molar-refractivity contribution in [2.75, 3.05) is 18.5 Å². The Bertz CT molecular complexity index is 1150. The summed E-state index contributed by atoms with van der Waals surface area (Å²) in [6, 6.07) is 17.7. The lowest BCUT2D eigenvalue weighted by Gasteiger charge is -2.13. The van der Waals surface area contributed by atoms with Crippen molar-refractivity contribution < 1.29 is 23.5 Å². The molecule has 0 saturated heterocycles. The summed E-state index contributed by atoms with van der Waals surface area (Å²) >= 11 is 3.32. The van der Waals surface area contributed by atoms with E-state index in [0.29, 0.717) is 29.2 Å². The van der Waals surface area contributed by atoms with Gasteiger partial charge in [-0.15, -0.1) is 0 Å². The minimum atomic E-state index is -0.531. The van der Waals surface area contributed by atoms with Crippen LogP contribution in [-0.2, 0) is 4.79 Å². The number of hydrogen-bond acceptors (Lipinski definition) is 5. The van der Waals surface area contributed by atoms with Gasteiger partial charge in [-0.3, -0.25) is 9.59 Å². The minimum absolute atomic E-state index is 0.0767. The maximum Gasteiger partial charge on any atom is 0.271 e. The molecule has 33 heavy (non-hydrogen) atoms. The van der Waals surface area contributed by atoms with Gasteiger partial charge in [0.1, 0.15) is 5.82 Å². The lowest BCUT2D eigenvalue weighted by molar-refractivity contribution is -0.118. The van der Waals surface area contributed by atoms with Gasteiger partial charge in [0, 0.05) is 10.0 Å². The molecule has 0 atom stereocenters. The molecule has 0 bridgehead atoms. The van der Waals surface area contributed by atoms with Crippen LogP contribution in [-0.4, -0.2) is 31.2 Å². The third kappa shape index (κ3) is 7.15. The lowest BCUT2D eigenvalue weighted by Crippen LogP contribution is -2.21. The molecule has 2 N–H and O–H groups in total. The highest BCUT2D eigenvalue weighted by molar-refractivity contribution is 9.10. The van der Waals surface area contributed by atoms with E-state index in [0.717, 1.165) is 4.47 Å². The van der Waals surface area contributed by atoms with E-state index in [2.05, 4.69) is 31.8 Å². The van der Waals surface area contributed by atoms with E-state index >= 15 is 0 Å². The summed E-state index contributed by atoms with van der Waals surface area (Å²) in [7, 11) is 0. The first-order chi connectivity index (χ1) is 16.0. The van der Waals surface area contributed by atoms with Crippen LogP contribution in [0, 0.1) is 5.82 Å². The number of rotatable bonds is 9. The van der Waals surface area contributed by atoms with E-state index in [4.69, 9.17) is 9.47 Å². The first kappa shape index (κ1) is 23.9. The number of carbonyl (C=O) groups is 2. The number of benzene rings is 3. The second kappa shape index (κ2) is 11.8. The van der Waals surface area contributed by atoms with Gasteiger partial charge in [-0.2, -0.15) is 5.10 Å². The van der Waals surface area contributed by atoms with Crippen molar-refractivity contribution >= 4 is 39.6 Å². The molecule has 0 aliphatic carbocycles. The lowest BCUT2D eigenvalue weighted by atomic mass is 10.2. The summed E-state index contributed by atoms with van der Waals surface area (Å²) in [4.78, 5) is 24.2. The Morgan fingerprint density at radius 3 is 2.52 bits per heavy atom. The summed E-state index contributed by atoms with van der Waals surface area (Å²) in [5, 5.41) is 6.42. The monoisotopic (exact) mass is 513 g/mol. The minimum Gasteiger partial charge on any atom is -0.490 e. The molecule has 7 nitrogen and oxygen atoms in total. The van der Waals surface area contributed by atoms with Crippen LogP contribution in [0.5, 0.6) is 11.5 Å². The molecule has 3 aromatic rings. The number of hydrazone groups is 1. The highest BCUT2D eigenvalue weighted by atomic mass is 79.9. The van der Waals surface area contributed by atoms with Crippen molar-refractivity contribution in [1.82, 2.24) is 5.43 Å². The second-order valence-corrected chi connectivity index (χ2v) is 7.58. The molecule has 0 aliphatic rings. The van der Waals surface area contributed by atoms with Crippen LogP contribution in [0.25, 0.3) is 0 Å². The zero-order valence-electron chi connectivity index (χ0n) is 17.7. The number of halogens is 2. The number of para-hydroxylation sites is 1. The van der Waals surface area contributed by atoms with Crippen LogP contribution in [0.2, 0.25) is 0 Å². The topological polar surface area (TPSA) is 89.0 Å². The zero-order chi connectivity index (χ0) is 23.6. The van der Waals surface area contributed by atoms with Crippen LogP contribution in [0.1, 0.15) is 22.8 Å². The summed E-state index contributed by atoms with van der Waals surface area (Å²) in [5.41, 5.74) is 3.66. The molecule has 2 amide bonds. The number of amides is 2. The molecular formula is C24H21BrFN3O4. The average Bonchev–Trinajstić information content (AvgIpc) is 2.80. The molecule has 0 radical (unpaired) electrons. The molecule has 3 rings (SSSR count). The van der Waals surface area contributed by atoms with Gasteiger partial charge in [0.25, 0.3) is 11.8 Å². The predicted octanol–water partition coefficient (Wildman–Crippen LogP) is 4.77. The smallest absolute Gasteiger partial charge is 0.271 e. The second-order valence-electron chi connectivity index (χ2n) is 6.66.